The van der Waals surface area contributed by atoms with Crippen LogP contribution in [0.15, 0.2) is 29.1 Å². The van der Waals surface area contributed by atoms with Gasteiger partial charge in [0, 0.05) is 17.2 Å². The minimum Gasteiger partial charge on any atom is -0.305 e. The van der Waals surface area contributed by atoms with Gasteiger partial charge in [0.1, 0.15) is 5.69 Å². The minimum atomic E-state index is -0.160. The van der Waals surface area contributed by atoms with Crippen LogP contribution >= 0.6 is 0 Å². The van der Waals surface area contributed by atoms with Crippen LogP contribution in [0.3, 0.4) is 0 Å². The van der Waals surface area contributed by atoms with Crippen molar-refractivity contribution in [3.05, 3.63) is 46.0 Å². The molecule has 0 aliphatic carbocycles. The third-order valence-corrected chi connectivity index (χ3v) is 2.64. The van der Waals surface area contributed by atoms with E-state index < -0.39 is 0 Å². The summed E-state index contributed by atoms with van der Waals surface area (Å²) in [7, 11) is 0. The normalized spacial score (nSPS) is 11.6. The molecule has 0 fully saturated rings. The Labute approximate surface area is 106 Å². The lowest BCUT2D eigenvalue weighted by Crippen LogP contribution is -2.20. The van der Waals surface area contributed by atoms with E-state index in [1.165, 1.54) is 0 Å². The Hall–Kier alpha value is -1.97. The van der Waals surface area contributed by atoms with Gasteiger partial charge in [0.25, 0.3) is 5.56 Å². The van der Waals surface area contributed by atoms with E-state index in [-0.39, 0.29) is 11.0 Å². The summed E-state index contributed by atoms with van der Waals surface area (Å²) in [6.45, 7) is 8.00. The fourth-order valence-corrected chi connectivity index (χ4v) is 1.64. The molecule has 0 atom stereocenters. The maximum absolute atomic E-state index is 11.7. The van der Waals surface area contributed by atoms with Crippen LogP contribution in [0.25, 0.3) is 11.5 Å². The van der Waals surface area contributed by atoms with Crippen LogP contribution in [-0.2, 0) is 5.41 Å². The second-order valence-corrected chi connectivity index (χ2v) is 5.39. The second kappa shape index (κ2) is 4.37. The van der Waals surface area contributed by atoms with Crippen molar-refractivity contribution < 1.29 is 0 Å². The van der Waals surface area contributed by atoms with Gasteiger partial charge in [0.15, 0.2) is 5.82 Å². The van der Waals surface area contributed by atoms with Crippen molar-refractivity contribution in [3.8, 4) is 11.5 Å². The van der Waals surface area contributed by atoms with Crippen molar-refractivity contribution in [2.75, 3.05) is 0 Å². The topological polar surface area (TPSA) is 58.6 Å². The summed E-state index contributed by atoms with van der Waals surface area (Å²) in [6, 6.07) is 7.20. The Morgan fingerprint density at radius 1 is 1.17 bits per heavy atom. The van der Waals surface area contributed by atoms with Gasteiger partial charge in [-0.1, -0.05) is 26.8 Å². The largest absolute Gasteiger partial charge is 0.305 e. The Kier molecular flexibility index (Phi) is 3.03. The van der Waals surface area contributed by atoms with E-state index in [1.807, 2.05) is 45.9 Å². The van der Waals surface area contributed by atoms with Gasteiger partial charge in [0.05, 0.1) is 5.69 Å². The number of pyridine rings is 1. The van der Waals surface area contributed by atoms with Gasteiger partial charge in [-0.25, -0.2) is 9.97 Å². The van der Waals surface area contributed by atoms with Crippen molar-refractivity contribution in [2.24, 2.45) is 0 Å². The van der Waals surface area contributed by atoms with Gasteiger partial charge in [0.2, 0.25) is 0 Å². The molecular weight excluding hydrogens is 226 g/mol. The summed E-state index contributed by atoms with van der Waals surface area (Å²) in [5, 5.41) is 0. The van der Waals surface area contributed by atoms with Crippen LogP contribution < -0.4 is 5.56 Å². The maximum Gasteiger partial charge on any atom is 0.251 e. The summed E-state index contributed by atoms with van der Waals surface area (Å²) in [4.78, 5) is 23.3. The highest BCUT2D eigenvalue weighted by Crippen LogP contribution is 2.20. The van der Waals surface area contributed by atoms with E-state index in [1.54, 1.807) is 6.07 Å². The van der Waals surface area contributed by atoms with E-state index >= 15 is 0 Å². The van der Waals surface area contributed by atoms with Crippen LogP contribution in [0.1, 0.15) is 32.2 Å². The minimum absolute atomic E-state index is 0.145. The molecule has 0 aliphatic rings. The van der Waals surface area contributed by atoms with Crippen molar-refractivity contribution >= 4 is 0 Å². The zero-order chi connectivity index (χ0) is 13.3. The van der Waals surface area contributed by atoms with Crippen molar-refractivity contribution in [3.63, 3.8) is 0 Å². The number of rotatable bonds is 1. The molecular formula is C14H17N3O. The predicted octanol–water partition coefficient (Wildman–Crippen LogP) is 2.44. The third-order valence-electron chi connectivity index (χ3n) is 2.64. The molecule has 94 valence electrons. The molecule has 0 bridgehead atoms. The van der Waals surface area contributed by atoms with Crippen molar-refractivity contribution in [2.45, 2.75) is 33.1 Å². The van der Waals surface area contributed by atoms with E-state index in [0.717, 1.165) is 11.4 Å². The Balaban J connectivity index is 2.59. The molecule has 4 nitrogen and oxygen atoms in total. The highest BCUT2D eigenvalue weighted by Gasteiger charge is 2.17. The third kappa shape index (κ3) is 2.64. The van der Waals surface area contributed by atoms with Gasteiger partial charge < -0.3 is 4.98 Å². The van der Waals surface area contributed by atoms with Crippen LogP contribution in [0.2, 0.25) is 0 Å². The number of aromatic amines is 1. The summed E-state index contributed by atoms with van der Waals surface area (Å²) < 4.78 is 0. The molecule has 2 heterocycles. The average molecular weight is 243 g/mol. The summed E-state index contributed by atoms with van der Waals surface area (Å²) in [6.07, 6.45) is 0. The first-order valence-electron chi connectivity index (χ1n) is 5.92. The van der Waals surface area contributed by atoms with E-state index in [4.69, 9.17) is 0 Å². The molecule has 0 saturated carbocycles. The Morgan fingerprint density at radius 3 is 2.50 bits per heavy atom. The molecule has 0 saturated heterocycles. The lowest BCUT2D eigenvalue weighted by molar-refractivity contribution is 0.566. The molecule has 2 aromatic heterocycles. The SMILES string of the molecule is Cc1cccc(-c2nc(C(C)(C)C)cc(=O)[nH]2)n1. The molecule has 18 heavy (non-hydrogen) atoms. The molecule has 2 rings (SSSR count). The van der Waals surface area contributed by atoms with Gasteiger partial charge >= 0.3 is 0 Å². The first-order valence-corrected chi connectivity index (χ1v) is 5.92. The zero-order valence-corrected chi connectivity index (χ0v) is 11.1. The highest BCUT2D eigenvalue weighted by molar-refractivity contribution is 5.49. The fraction of sp³-hybridized carbons (Fsp3) is 0.357. The lowest BCUT2D eigenvalue weighted by atomic mass is 9.92. The second-order valence-electron chi connectivity index (χ2n) is 5.39. The molecule has 0 unspecified atom stereocenters. The highest BCUT2D eigenvalue weighted by atomic mass is 16.1. The lowest BCUT2D eigenvalue weighted by Gasteiger charge is -2.17. The summed E-state index contributed by atoms with van der Waals surface area (Å²) in [5.41, 5.74) is 2.06. The predicted molar refractivity (Wildman–Crippen MR) is 71.5 cm³/mol. The maximum atomic E-state index is 11.7. The zero-order valence-electron chi connectivity index (χ0n) is 11.1. The quantitative estimate of drug-likeness (QED) is 0.836. The van der Waals surface area contributed by atoms with Gasteiger partial charge in [-0.2, -0.15) is 0 Å². The van der Waals surface area contributed by atoms with Crippen LogP contribution in [0, 0.1) is 6.92 Å². The smallest absolute Gasteiger partial charge is 0.251 e. The van der Waals surface area contributed by atoms with E-state index in [9.17, 15) is 4.79 Å². The van der Waals surface area contributed by atoms with Crippen LogP contribution in [0.5, 0.6) is 0 Å². The van der Waals surface area contributed by atoms with Crippen molar-refractivity contribution in [1.82, 2.24) is 15.0 Å². The monoisotopic (exact) mass is 243 g/mol. The van der Waals surface area contributed by atoms with Gasteiger partial charge in [-0.3, -0.25) is 4.79 Å². The first kappa shape index (κ1) is 12.5. The number of nitrogens with zero attached hydrogens (tertiary/aromatic N) is 2. The molecule has 0 radical (unpaired) electrons. The van der Waals surface area contributed by atoms with Gasteiger partial charge in [-0.05, 0) is 19.1 Å². The number of nitrogens with one attached hydrogen (secondary N) is 1. The summed E-state index contributed by atoms with van der Waals surface area (Å²) >= 11 is 0. The molecule has 2 aromatic rings. The number of H-pyrrole nitrogens is 1. The number of aryl methyl sites for hydroxylation is 1. The van der Waals surface area contributed by atoms with E-state index in [0.29, 0.717) is 11.5 Å². The fourth-order valence-electron chi connectivity index (χ4n) is 1.64. The average Bonchev–Trinajstić information content (AvgIpc) is 2.27. The molecule has 0 spiro atoms. The number of hydrogen-bond donors (Lipinski definition) is 1. The first-order chi connectivity index (χ1) is 8.36. The number of hydrogen-bond acceptors (Lipinski definition) is 3. The Morgan fingerprint density at radius 2 is 1.89 bits per heavy atom. The van der Waals surface area contributed by atoms with Crippen LogP contribution in [0.4, 0.5) is 0 Å². The molecule has 0 aliphatic heterocycles. The summed E-state index contributed by atoms with van der Waals surface area (Å²) in [5.74, 6) is 0.524. The van der Waals surface area contributed by atoms with E-state index in [2.05, 4.69) is 15.0 Å². The number of aromatic nitrogens is 3. The van der Waals surface area contributed by atoms with Crippen LogP contribution in [-0.4, -0.2) is 15.0 Å². The molecule has 0 aromatic carbocycles. The standard InChI is InChI=1S/C14H17N3O/c1-9-6-5-7-10(15-9)13-16-11(14(2,3)4)8-12(18)17-13/h5-8H,1-4H3,(H,16,17,18). The molecule has 4 heteroatoms. The molecule has 1 N–H and O–H groups in total. The van der Waals surface area contributed by atoms with Crippen molar-refractivity contribution in [1.29, 1.82) is 0 Å². The Bertz CT molecular complexity index is 623. The van der Waals surface area contributed by atoms with Gasteiger partial charge in [-0.15, -0.1) is 0 Å². The molecule has 0 amide bonds.